The Bertz CT molecular complexity index is 450. The van der Waals surface area contributed by atoms with Crippen LogP contribution in [0.15, 0.2) is 16.6 Å². The van der Waals surface area contributed by atoms with Gasteiger partial charge in [0.2, 0.25) is 6.79 Å². The highest BCUT2D eigenvalue weighted by Gasteiger charge is 2.38. The predicted octanol–water partition coefficient (Wildman–Crippen LogP) is 3.28. The van der Waals surface area contributed by atoms with Crippen molar-refractivity contribution >= 4 is 15.9 Å². The van der Waals surface area contributed by atoms with Gasteiger partial charge in [0, 0.05) is 0 Å². The van der Waals surface area contributed by atoms with Crippen LogP contribution in [0.25, 0.3) is 0 Å². The Morgan fingerprint density at radius 1 is 1.39 bits per heavy atom. The number of hydrogen-bond acceptors (Lipinski definition) is 3. The third-order valence-electron chi connectivity index (χ3n) is 3.63. The molecule has 0 amide bonds. The van der Waals surface area contributed by atoms with Gasteiger partial charge in [0.25, 0.3) is 0 Å². The molecule has 0 radical (unpaired) electrons. The minimum absolute atomic E-state index is 0.337. The van der Waals surface area contributed by atoms with Crippen molar-refractivity contribution in [2.75, 3.05) is 19.9 Å². The first-order chi connectivity index (χ1) is 8.79. The molecule has 1 N–H and O–H groups in total. The van der Waals surface area contributed by atoms with E-state index in [1.807, 2.05) is 0 Å². The lowest BCUT2D eigenvalue weighted by Gasteiger charge is -2.05. The number of fused-ring (bicyclic) bond motifs is 1. The molecule has 3 nitrogen and oxygen atoms in total. The van der Waals surface area contributed by atoms with Crippen molar-refractivity contribution in [1.29, 1.82) is 0 Å². The third-order valence-corrected chi connectivity index (χ3v) is 4.22. The van der Waals surface area contributed by atoms with Crippen LogP contribution < -0.4 is 14.8 Å². The van der Waals surface area contributed by atoms with Crippen molar-refractivity contribution in [3.63, 3.8) is 0 Å². The summed E-state index contributed by atoms with van der Waals surface area (Å²) < 4.78 is 11.9. The molecule has 1 heterocycles. The fraction of sp³-hybridized carbons (Fsp3) is 0.571. The zero-order valence-corrected chi connectivity index (χ0v) is 12.1. The standard InChI is InChI=1S/C14H18BrNO2/c1-2-3-16-7-10-4-11(10)9-5-12(15)14-13(6-9)17-8-18-14/h5-6,10-11,16H,2-4,7-8H2,1H3. The Morgan fingerprint density at radius 2 is 2.28 bits per heavy atom. The predicted molar refractivity (Wildman–Crippen MR) is 74.3 cm³/mol. The molecule has 1 aromatic carbocycles. The molecule has 0 saturated heterocycles. The highest BCUT2D eigenvalue weighted by atomic mass is 79.9. The number of nitrogens with one attached hydrogen (secondary N) is 1. The molecule has 2 unspecified atom stereocenters. The minimum atomic E-state index is 0.337. The fourth-order valence-corrected chi connectivity index (χ4v) is 3.12. The van der Waals surface area contributed by atoms with E-state index in [2.05, 4.69) is 40.3 Å². The molecule has 1 aromatic rings. The van der Waals surface area contributed by atoms with E-state index in [0.29, 0.717) is 12.7 Å². The van der Waals surface area contributed by atoms with Crippen LogP contribution in [0.3, 0.4) is 0 Å². The second-order valence-electron chi connectivity index (χ2n) is 5.04. The maximum absolute atomic E-state index is 5.46. The smallest absolute Gasteiger partial charge is 0.231 e. The molecule has 98 valence electrons. The number of benzene rings is 1. The normalized spacial score (nSPS) is 24.3. The summed E-state index contributed by atoms with van der Waals surface area (Å²) in [6.07, 6.45) is 2.48. The van der Waals surface area contributed by atoms with Crippen LogP contribution >= 0.6 is 15.9 Å². The molecule has 1 aliphatic heterocycles. The SMILES string of the molecule is CCCNCC1CC1c1cc(Br)c2c(c1)OCO2. The molecular weight excluding hydrogens is 294 g/mol. The largest absolute Gasteiger partial charge is 0.454 e. The van der Waals surface area contributed by atoms with E-state index in [-0.39, 0.29) is 0 Å². The summed E-state index contributed by atoms with van der Waals surface area (Å²) in [6, 6.07) is 4.32. The van der Waals surface area contributed by atoms with Gasteiger partial charge in [0.05, 0.1) is 4.47 Å². The highest BCUT2D eigenvalue weighted by molar-refractivity contribution is 9.10. The molecule has 2 aliphatic rings. The van der Waals surface area contributed by atoms with Gasteiger partial charge in [-0.1, -0.05) is 6.92 Å². The van der Waals surface area contributed by atoms with Gasteiger partial charge < -0.3 is 14.8 Å². The van der Waals surface area contributed by atoms with Crippen molar-refractivity contribution < 1.29 is 9.47 Å². The van der Waals surface area contributed by atoms with Crippen LogP contribution in [-0.4, -0.2) is 19.9 Å². The maximum atomic E-state index is 5.46. The Kier molecular flexibility index (Phi) is 3.48. The molecule has 18 heavy (non-hydrogen) atoms. The van der Waals surface area contributed by atoms with Gasteiger partial charge in [-0.3, -0.25) is 0 Å². The van der Waals surface area contributed by atoms with Crippen molar-refractivity contribution in [2.45, 2.75) is 25.7 Å². The quantitative estimate of drug-likeness (QED) is 0.847. The molecule has 3 rings (SSSR count). The maximum Gasteiger partial charge on any atom is 0.231 e. The third kappa shape index (κ3) is 2.36. The first-order valence-corrected chi connectivity index (χ1v) is 7.38. The van der Waals surface area contributed by atoms with E-state index in [1.54, 1.807) is 0 Å². The van der Waals surface area contributed by atoms with Crippen LogP contribution in [0.4, 0.5) is 0 Å². The zero-order chi connectivity index (χ0) is 12.5. The van der Waals surface area contributed by atoms with Crippen molar-refractivity contribution in [3.8, 4) is 11.5 Å². The molecule has 4 heteroatoms. The van der Waals surface area contributed by atoms with E-state index in [0.717, 1.165) is 35.0 Å². The number of hydrogen-bond donors (Lipinski definition) is 1. The minimum Gasteiger partial charge on any atom is -0.454 e. The summed E-state index contributed by atoms with van der Waals surface area (Å²) in [7, 11) is 0. The van der Waals surface area contributed by atoms with Crippen LogP contribution in [0.2, 0.25) is 0 Å². The van der Waals surface area contributed by atoms with Gasteiger partial charge in [-0.15, -0.1) is 0 Å². The van der Waals surface area contributed by atoms with Crippen LogP contribution in [0.5, 0.6) is 11.5 Å². The fourth-order valence-electron chi connectivity index (χ4n) is 2.55. The molecule has 0 spiro atoms. The number of rotatable bonds is 5. The van der Waals surface area contributed by atoms with Gasteiger partial charge in [-0.05, 0) is 71.4 Å². The molecule has 0 aromatic heterocycles. The first kappa shape index (κ1) is 12.3. The van der Waals surface area contributed by atoms with E-state index < -0.39 is 0 Å². The van der Waals surface area contributed by atoms with E-state index in [4.69, 9.17) is 9.47 Å². The van der Waals surface area contributed by atoms with Crippen LogP contribution in [0, 0.1) is 5.92 Å². The van der Waals surface area contributed by atoms with Gasteiger partial charge in [0.1, 0.15) is 0 Å². The molecular formula is C14H18BrNO2. The summed E-state index contributed by atoms with van der Waals surface area (Å²) in [6.45, 7) is 4.79. The van der Waals surface area contributed by atoms with Crippen molar-refractivity contribution in [2.24, 2.45) is 5.92 Å². The second-order valence-corrected chi connectivity index (χ2v) is 5.90. The number of halogens is 1. The van der Waals surface area contributed by atoms with Gasteiger partial charge in [0.15, 0.2) is 11.5 Å². The van der Waals surface area contributed by atoms with Crippen LogP contribution in [0.1, 0.15) is 31.2 Å². The lowest BCUT2D eigenvalue weighted by molar-refractivity contribution is 0.173. The lowest BCUT2D eigenvalue weighted by Crippen LogP contribution is -2.17. The molecule has 1 fully saturated rings. The van der Waals surface area contributed by atoms with Gasteiger partial charge in [-0.25, -0.2) is 0 Å². The molecule has 1 saturated carbocycles. The summed E-state index contributed by atoms with van der Waals surface area (Å²) in [5, 5.41) is 3.50. The van der Waals surface area contributed by atoms with Gasteiger partial charge in [-0.2, -0.15) is 0 Å². The Hall–Kier alpha value is -0.740. The number of ether oxygens (including phenoxy) is 2. The summed E-state index contributed by atoms with van der Waals surface area (Å²) in [5.74, 6) is 3.19. The van der Waals surface area contributed by atoms with E-state index in [1.165, 1.54) is 18.4 Å². The highest BCUT2D eigenvalue weighted by Crippen LogP contribution is 2.51. The average Bonchev–Trinajstić information content (AvgIpc) is 2.96. The average molecular weight is 312 g/mol. The Morgan fingerprint density at radius 3 is 3.11 bits per heavy atom. The molecule has 2 atom stereocenters. The van der Waals surface area contributed by atoms with Crippen LogP contribution in [-0.2, 0) is 0 Å². The summed E-state index contributed by atoms with van der Waals surface area (Å²) >= 11 is 3.56. The van der Waals surface area contributed by atoms with Crippen molar-refractivity contribution in [1.82, 2.24) is 5.32 Å². The van der Waals surface area contributed by atoms with Gasteiger partial charge >= 0.3 is 0 Å². The topological polar surface area (TPSA) is 30.5 Å². The van der Waals surface area contributed by atoms with Crippen molar-refractivity contribution in [3.05, 3.63) is 22.2 Å². The van der Waals surface area contributed by atoms with E-state index >= 15 is 0 Å². The lowest BCUT2D eigenvalue weighted by atomic mass is 10.1. The zero-order valence-electron chi connectivity index (χ0n) is 10.5. The summed E-state index contributed by atoms with van der Waals surface area (Å²) in [5.41, 5.74) is 1.37. The molecule has 1 aliphatic carbocycles. The monoisotopic (exact) mass is 311 g/mol. The summed E-state index contributed by atoms with van der Waals surface area (Å²) in [4.78, 5) is 0. The second kappa shape index (κ2) is 5.10. The molecule has 0 bridgehead atoms. The Labute approximate surface area is 116 Å². The first-order valence-electron chi connectivity index (χ1n) is 6.59. The Balaban J connectivity index is 1.66. The van der Waals surface area contributed by atoms with E-state index in [9.17, 15) is 0 Å².